The molecule has 4 nitrogen and oxygen atoms in total. The van der Waals surface area contributed by atoms with Crippen LogP contribution in [0.2, 0.25) is 0 Å². The van der Waals surface area contributed by atoms with Crippen LogP contribution in [0.5, 0.6) is 0 Å². The predicted molar refractivity (Wildman–Crippen MR) is 55.1 cm³/mol. The van der Waals surface area contributed by atoms with Crippen LogP contribution in [-0.4, -0.2) is 54.1 Å². The van der Waals surface area contributed by atoms with E-state index >= 15 is 0 Å². The van der Waals surface area contributed by atoms with Crippen LogP contribution in [0.1, 0.15) is 12.8 Å². The van der Waals surface area contributed by atoms with Crippen molar-refractivity contribution in [3.05, 3.63) is 12.3 Å². The number of hydrogen-bond acceptors (Lipinski definition) is 3. The minimum atomic E-state index is -0.884. The van der Waals surface area contributed by atoms with E-state index in [1.54, 1.807) is 6.20 Å². The fraction of sp³-hybridized carbons (Fsp3) is 0.700. The highest BCUT2D eigenvalue weighted by atomic mass is 16.4. The van der Waals surface area contributed by atoms with Gasteiger partial charge in [-0.05, 0) is 33.0 Å². The van der Waals surface area contributed by atoms with Gasteiger partial charge in [-0.3, -0.25) is 0 Å². The number of piperidine rings is 1. The summed E-state index contributed by atoms with van der Waals surface area (Å²) in [4.78, 5) is 14.6. The molecule has 1 aliphatic rings. The molecule has 1 saturated heterocycles. The van der Waals surface area contributed by atoms with E-state index in [0.29, 0.717) is 6.04 Å². The van der Waals surface area contributed by atoms with Crippen molar-refractivity contribution in [1.29, 1.82) is 0 Å². The zero-order valence-electron chi connectivity index (χ0n) is 8.81. The molecule has 0 aromatic heterocycles. The van der Waals surface area contributed by atoms with Gasteiger partial charge in [0.2, 0.25) is 0 Å². The van der Waals surface area contributed by atoms with Crippen molar-refractivity contribution in [3.8, 4) is 0 Å². The van der Waals surface area contributed by atoms with Gasteiger partial charge in [0.25, 0.3) is 0 Å². The molecule has 0 aliphatic carbocycles. The molecule has 0 amide bonds. The average molecular weight is 198 g/mol. The second-order valence-electron chi connectivity index (χ2n) is 3.85. The summed E-state index contributed by atoms with van der Waals surface area (Å²) in [7, 11) is 4.05. The van der Waals surface area contributed by atoms with Gasteiger partial charge in [-0.25, -0.2) is 4.79 Å². The van der Waals surface area contributed by atoms with Gasteiger partial charge in [0, 0.05) is 25.4 Å². The molecule has 0 aromatic rings. The van der Waals surface area contributed by atoms with Gasteiger partial charge >= 0.3 is 5.97 Å². The summed E-state index contributed by atoms with van der Waals surface area (Å²) in [5.74, 6) is -0.884. The zero-order chi connectivity index (χ0) is 10.6. The Morgan fingerprint density at radius 1 is 1.50 bits per heavy atom. The summed E-state index contributed by atoms with van der Waals surface area (Å²) in [6.45, 7) is 2.19. The van der Waals surface area contributed by atoms with E-state index < -0.39 is 5.97 Å². The van der Waals surface area contributed by atoms with E-state index in [1.165, 1.54) is 6.08 Å². The zero-order valence-corrected chi connectivity index (χ0v) is 8.81. The van der Waals surface area contributed by atoms with E-state index in [0.717, 1.165) is 25.9 Å². The normalized spacial score (nSPS) is 20.1. The first-order chi connectivity index (χ1) is 6.59. The summed E-state index contributed by atoms with van der Waals surface area (Å²) in [6, 6.07) is 0.488. The lowest BCUT2D eigenvalue weighted by Gasteiger charge is -2.34. The maximum Gasteiger partial charge on any atom is 0.329 e. The Morgan fingerprint density at radius 2 is 2.07 bits per heavy atom. The maximum absolute atomic E-state index is 10.3. The summed E-state index contributed by atoms with van der Waals surface area (Å²) < 4.78 is 0. The molecule has 1 N–H and O–H groups in total. The van der Waals surface area contributed by atoms with Crippen LogP contribution in [0.25, 0.3) is 0 Å². The Hall–Kier alpha value is -1.03. The topological polar surface area (TPSA) is 43.8 Å². The lowest BCUT2D eigenvalue weighted by Crippen LogP contribution is -2.39. The number of carboxylic acids is 1. The first kappa shape index (κ1) is 11.0. The summed E-state index contributed by atoms with van der Waals surface area (Å²) in [5, 5.41) is 8.48. The van der Waals surface area contributed by atoms with Crippen molar-refractivity contribution in [2.45, 2.75) is 18.9 Å². The second kappa shape index (κ2) is 5.00. The Kier molecular flexibility index (Phi) is 3.95. The highest BCUT2D eigenvalue weighted by molar-refractivity contribution is 5.79. The highest BCUT2D eigenvalue weighted by Crippen LogP contribution is 2.13. The first-order valence-electron chi connectivity index (χ1n) is 4.91. The molecule has 0 unspecified atom stereocenters. The molecule has 1 fully saturated rings. The molecule has 1 heterocycles. The van der Waals surface area contributed by atoms with Crippen LogP contribution in [0, 0.1) is 0 Å². The minimum Gasteiger partial charge on any atom is -0.478 e. The standard InChI is InChI=1S/C10H18N2O2/c1-11-6-3-9(4-7-11)12(2)8-5-10(13)14/h5,8-9H,3-4,6-7H2,1-2H3,(H,13,14)/b8-5+. The largest absolute Gasteiger partial charge is 0.478 e. The van der Waals surface area contributed by atoms with Crippen molar-refractivity contribution < 1.29 is 9.90 Å². The van der Waals surface area contributed by atoms with E-state index in [4.69, 9.17) is 5.11 Å². The summed E-state index contributed by atoms with van der Waals surface area (Å²) in [5.41, 5.74) is 0. The number of hydrogen-bond donors (Lipinski definition) is 1. The Bertz CT molecular complexity index is 220. The molecule has 0 aromatic carbocycles. The third-order valence-corrected chi connectivity index (χ3v) is 2.72. The third kappa shape index (κ3) is 3.38. The summed E-state index contributed by atoms with van der Waals surface area (Å²) in [6.07, 6.45) is 5.06. The first-order valence-corrected chi connectivity index (χ1v) is 4.91. The molecule has 80 valence electrons. The van der Waals surface area contributed by atoms with Crippen molar-refractivity contribution in [2.24, 2.45) is 0 Å². The second-order valence-corrected chi connectivity index (χ2v) is 3.85. The van der Waals surface area contributed by atoms with Gasteiger partial charge in [0.05, 0.1) is 0 Å². The summed E-state index contributed by atoms with van der Waals surface area (Å²) >= 11 is 0. The van der Waals surface area contributed by atoms with Crippen molar-refractivity contribution in [2.75, 3.05) is 27.2 Å². The van der Waals surface area contributed by atoms with Gasteiger partial charge in [0.1, 0.15) is 0 Å². The molecular weight excluding hydrogens is 180 g/mol. The molecule has 0 atom stereocenters. The molecule has 0 bridgehead atoms. The lowest BCUT2D eigenvalue weighted by atomic mass is 10.0. The average Bonchev–Trinajstić information content (AvgIpc) is 2.15. The number of rotatable bonds is 3. The van der Waals surface area contributed by atoms with Crippen LogP contribution in [0.15, 0.2) is 12.3 Å². The number of nitrogens with zero attached hydrogens (tertiary/aromatic N) is 2. The smallest absolute Gasteiger partial charge is 0.329 e. The fourth-order valence-corrected chi connectivity index (χ4v) is 1.71. The Morgan fingerprint density at radius 3 is 2.57 bits per heavy atom. The number of aliphatic carboxylic acids is 1. The van der Waals surface area contributed by atoms with Crippen LogP contribution < -0.4 is 0 Å². The van der Waals surface area contributed by atoms with E-state index in [-0.39, 0.29) is 0 Å². The third-order valence-electron chi connectivity index (χ3n) is 2.72. The number of likely N-dealkylation sites (tertiary alicyclic amines) is 1. The number of carbonyl (C=O) groups is 1. The SMILES string of the molecule is CN1CCC(N(C)/C=C/C(=O)O)CC1. The van der Waals surface area contributed by atoms with Crippen LogP contribution in [0.3, 0.4) is 0 Å². The van der Waals surface area contributed by atoms with Crippen LogP contribution >= 0.6 is 0 Å². The minimum absolute atomic E-state index is 0.488. The molecule has 0 saturated carbocycles. The van der Waals surface area contributed by atoms with E-state index in [2.05, 4.69) is 11.9 Å². The Balaban J connectivity index is 2.37. The molecule has 1 rings (SSSR count). The molecule has 0 spiro atoms. The van der Waals surface area contributed by atoms with Crippen molar-refractivity contribution in [3.63, 3.8) is 0 Å². The van der Waals surface area contributed by atoms with Gasteiger partial charge < -0.3 is 14.9 Å². The molecule has 0 radical (unpaired) electrons. The highest BCUT2D eigenvalue weighted by Gasteiger charge is 2.18. The van der Waals surface area contributed by atoms with Crippen molar-refractivity contribution >= 4 is 5.97 Å². The fourth-order valence-electron chi connectivity index (χ4n) is 1.71. The van der Waals surface area contributed by atoms with Gasteiger partial charge in [-0.1, -0.05) is 0 Å². The van der Waals surface area contributed by atoms with Gasteiger partial charge in [-0.15, -0.1) is 0 Å². The maximum atomic E-state index is 10.3. The van der Waals surface area contributed by atoms with E-state index in [9.17, 15) is 4.79 Å². The van der Waals surface area contributed by atoms with Crippen LogP contribution in [-0.2, 0) is 4.79 Å². The Labute approximate surface area is 84.8 Å². The molecule has 14 heavy (non-hydrogen) atoms. The van der Waals surface area contributed by atoms with E-state index in [1.807, 2.05) is 11.9 Å². The van der Waals surface area contributed by atoms with Gasteiger partial charge in [0.15, 0.2) is 0 Å². The monoisotopic (exact) mass is 198 g/mol. The van der Waals surface area contributed by atoms with Crippen molar-refractivity contribution in [1.82, 2.24) is 9.80 Å². The quantitative estimate of drug-likeness (QED) is 0.675. The molecule has 1 aliphatic heterocycles. The number of carboxylic acid groups (broad SMARTS) is 1. The van der Waals surface area contributed by atoms with Crippen LogP contribution in [0.4, 0.5) is 0 Å². The molecular formula is C10H18N2O2. The van der Waals surface area contributed by atoms with Gasteiger partial charge in [-0.2, -0.15) is 0 Å². The predicted octanol–water partition coefficient (Wildman–Crippen LogP) is 0.611. The molecule has 4 heteroatoms. The lowest BCUT2D eigenvalue weighted by molar-refractivity contribution is -0.131.